The Morgan fingerprint density at radius 3 is 2.65 bits per heavy atom. The summed E-state index contributed by atoms with van der Waals surface area (Å²) in [6.45, 7) is 0.426. The lowest BCUT2D eigenvalue weighted by Crippen LogP contribution is -2.37. The van der Waals surface area contributed by atoms with Crippen molar-refractivity contribution in [2.75, 3.05) is 6.54 Å². The van der Waals surface area contributed by atoms with Gasteiger partial charge in [0.1, 0.15) is 6.54 Å². The largest absolute Gasteiger partial charge is 0.327 e. The van der Waals surface area contributed by atoms with Gasteiger partial charge in [0.15, 0.2) is 0 Å². The minimum absolute atomic E-state index is 0.140. The molecule has 0 radical (unpaired) electrons. The molecule has 20 heavy (non-hydrogen) atoms. The molecule has 0 spiro atoms. The molecule has 0 aromatic carbocycles. The standard InChI is InChI=1S/C14H16ClN3O2/c15-10-5-6-11(16-7-10)8-18-13(19)9-17(14(18)20)12-3-1-2-4-12/h5-7,12H,1-4,8-9H2. The number of hydrogen-bond acceptors (Lipinski definition) is 3. The predicted octanol–water partition coefficient (Wildman–Crippen LogP) is 2.44. The van der Waals surface area contributed by atoms with E-state index in [4.69, 9.17) is 11.6 Å². The van der Waals surface area contributed by atoms with E-state index in [0.717, 1.165) is 25.7 Å². The van der Waals surface area contributed by atoms with Gasteiger partial charge in [-0.05, 0) is 25.0 Å². The van der Waals surface area contributed by atoms with Crippen molar-refractivity contribution < 1.29 is 9.59 Å². The SMILES string of the molecule is O=C1CN(C2CCCC2)C(=O)N1Cc1ccc(Cl)cn1. The van der Waals surface area contributed by atoms with E-state index in [1.54, 1.807) is 17.0 Å². The van der Waals surface area contributed by atoms with Gasteiger partial charge in [-0.25, -0.2) is 4.79 Å². The fourth-order valence-corrected chi connectivity index (χ4v) is 2.99. The third kappa shape index (κ3) is 2.50. The molecule has 2 fully saturated rings. The number of carbonyl (C=O) groups excluding carboxylic acids is 2. The maximum atomic E-state index is 12.4. The normalized spacial score (nSPS) is 20.2. The quantitative estimate of drug-likeness (QED) is 0.804. The summed E-state index contributed by atoms with van der Waals surface area (Å²) in [4.78, 5) is 31.5. The van der Waals surface area contributed by atoms with Crippen LogP contribution in [0, 0.1) is 0 Å². The third-order valence-corrected chi connectivity index (χ3v) is 4.18. The summed E-state index contributed by atoms with van der Waals surface area (Å²) >= 11 is 5.78. The first-order valence-corrected chi connectivity index (χ1v) is 7.24. The Kier molecular flexibility index (Phi) is 3.61. The molecular formula is C14H16ClN3O2. The third-order valence-electron chi connectivity index (χ3n) is 3.96. The van der Waals surface area contributed by atoms with Crippen molar-refractivity contribution in [3.8, 4) is 0 Å². The van der Waals surface area contributed by atoms with E-state index in [1.165, 1.54) is 11.1 Å². The maximum Gasteiger partial charge on any atom is 0.327 e. The van der Waals surface area contributed by atoms with E-state index in [-0.39, 0.29) is 31.1 Å². The number of rotatable bonds is 3. The van der Waals surface area contributed by atoms with Gasteiger partial charge in [-0.3, -0.25) is 14.7 Å². The number of amides is 3. The second kappa shape index (κ2) is 5.40. The van der Waals surface area contributed by atoms with Gasteiger partial charge < -0.3 is 4.90 Å². The Morgan fingerprint density at radius 1 is 1.25 bits per heavy atom. The molecule has 3 amide bonds. The van der Waals surface area contributed by atoms with Gasteiger partial charge in [0.25, 0.3) is 5.91 Å². The molecule has 1 saturated heterocycles. The van der Waals surface area contributed by atoms with E-state index in [0.29, 0.717) is 10.7 Å². The number of aromatic nitrogens is 1. The fraction of sp³-hybridized carbons (Fsp3) is 0.500. The van der Waals surface area contributed by atoms with Crippen molar-refractivity contribution in [1.82, 2.24) is 14.8 Å². The monoisotopic (exact) mass is 293 g/mol. The Morgan fingerprint density at radius 2 is 2.00 bits per heavy atom. The van der Waals surface area contributed by atoms with Crippen LogP contribution in [0.15, 0.2) is 18.3 Å². The Balaban J connectivity index is 1.71. The van der Waals surface area contributed by atoms with Gasteiger partial charge in [0, 0.05) is 12.2 Å². The molecule has 1 aromatic rings. The van der Waals surface area contributed by atoms with Crippen LogP contribution in [0.5, 0.6) is 0 Å². The van der Waals surface area contributed by atoms with Crippen LogP contribution in [-0.4, -0.2) is 39.3 Å². The maximum absolute atomic E-state index is 12.4. The van der Waals surface area contributed by atoms with Crippen LogP contribution in [0.25, 0.3) is 0 Å². The number of urea groups is 1. The molecule has 0 unspecified atom stereocenters. The predicted molar refractivity (Wildman–Crippen MR) is 74.2 cm³/mol. The molecule has 2 aliphatic rings. The van der Waals surface area contributed by atoms with E-state index < -0.39 is 0 Å². The molecule has 106 valence electrons. The molecule has 0 bridgehead atoms. The van der Waals surface area contributed by atoms with Gasteiger partial charge in [0.05, 0.1) is 17.3 Å². The van der Waals surface area contributed by atoms with Crippen LogP contribution in [0.4, 0.5) is 4.79 Å². The number of imide groups is 1. The van der Waals surface area contributed by atoms with Crippen molar-refractivity contribution in [3.63, 3.8) is 0 Å². The zero-order valence-electron chi connectivity index (χ0n) is 11.1. The summed E-state index contributed by atoms with van der Waals surface area (Å²) in [5, 5.41) is 0.542. The van der Waals surface area contributed by atoms with Crippen LogP contribution in [-0.2, 0) is 11.3 Å². The Hall–Kier alpha value is -1.62. The highest BCUT2D eigenvalue weighted by Gasteiger charge is 2.40. The van der Waals surface area contributed by atoms with Crippen LogP contribution in [0.1, 0.15) is 31.4 Å². The van der Waals surface area contributed by atoms with Crippen LogP contribution < -0.4 is 0 Å². The summed E-state index contributed by atoms with van der Waals surface area (Å²) in [5.41, 5.74) is 0.671. The average Bonchev–Trinajstić information content (AvgIpc) is 3.04. The van der Waals surface area contributed by atoms with E-state index in [2.05, 4.69) is 4.98 Å². The second-order valence-electron chi connectivity index (χ2n) is 5.30. The van der Waals surface area contributed by atoms with Crippen molar-refractivity contribution in [3.05, 3.63) is 29.0 Å². The molecule has 5 nitrogen and oxygen atoms in total. The highest BCUT2D eigenvalue weighted by Crippen LogP contribution is 2.27. The molecular weight excluding hydrogens is 278 g/mol. The molecule has 0 N–H and O–H groups in total. The first-order valence-electron chi connectivity index (χ1n) is 6.86. The molecule has 1 aliphatic heterocycles. The van der Waals surface area contributed by atoms with Crippen molar-refractivity contribution in [1.29, 1.82) is 0 Å². The van der Waals surface area contributed by atoms with E-state index in [1.807, 2.05) is 0 Å². The molecule has 3 rings (SSSR count). The number of hydrogen-bond donors (Lipinski definition) is 0. The zero-order valence-corrected chi connectivity index (χ0v) is 11.8. The highest BCUT2D eigenvalue weighted by atomic mass is 35.5. The van der Waals surface area contributed by atoms with Gasteiger partial charge in [-0.2, -0.15) is 0 Å². The molecule has 0 atom stereocenters. The number of nitrogens with zero attached hydrogens (tertiary/aromatic N) is 3. The number of carbonyl (C=O) groups is 2. The first-order chi connectivity index (χ1) is 9.65. The summed E-state index contributed by atoms with van der Waals surface area (Å²) in [6, 6.07) is 3.50. The van der Waals surface area contributed by atoms with Crippen molar-refractivity contribution in [2.24, 2.45) is 0 Å². The summed E-state index contributed by atoms with van der Waals surface area (Å²) in [7, 11) is 0. The number of halogens is 1. The zero-order chi connectivity index (χ0) is 14.1. The minimum Gasteiger partial charge on any atom is -0.312 e. The minimum atomic E-state index is -0.182. The number of pyridine rings is 1. The van der Waals surface area contributed by atoms with E-state index in [9.17, 15) is 9.59 Å². The Labute approximate surface area is 122 Å². The fourth-order valence-electron chi connectivity index (χ4n) is 2.88. The topological polar surface area (TPSA) is 53.5 Å². The van der Waals surface area contributed by atoms with Crippen molar-refractivity contribution in [2.45, 2.75) is 38.3 Å². The summed E-state index contributed by atoms with van der Waals surface area (Å²) < 4.78 is 0. The van der Waals surface area contributed by atoms with Gasteiger partial charge in [-0.15, -0.1) is 0 Å². The molecule has 1 saturated carbocycles. The summed E-state index contributed by atoms with van der Waals surface area (Å²) in [6.07, 6.45) is 5.82. The first kappa shape index (κ1) is 13.4. The van der Waals surface area contributed by atoms with Crippen molar-refractivity contribution >= 4 is 23.5 Å². The lowest BCUT2D eigenvalue weighted by atomic mass is 10.2. The van der Waals surface area contributed by atoms with Gasteiger partial charge >= 0.3 is 6.03 Å². The molecule has 2 heterocycles. The second-order valence-corrected chi connectivity index (χ2v) is 5.73. The Bertz CT molecular complexity index is 526. The molecule has 1 aromatic heterocycles. The van der Waals surface area contributed by atoms with Gasteiger partial charge in [0.2, 0.25) is 0 Å². The smallest absolute Gasteiger partial charge is 0.312 e. The lowest BCUT2D eigenvalue weighted by Gasteiger charge is -2.22. The molecule has 1 aliphatic carbocycles. The van der Waals surface area contributed by atoms with E-state index >= 15 is 0 Å². The lowest BCUT2D eigenvalue weighted by molar-refractivity contribution is -0.125. The highest BCUT2D eigenvalue weighted by molar-refractivity contribution is 6.30. The summed E-state index contributed by atoms with van der Waals surface area (Å²) in [5.74, 6) is -0.140. The average molecular weight is 294 g/mol. The van der Waals surface area contributed by atoms with Crippen LogP contribution >= 0.6 is 11.6 Å². The van der Waals surface area contributed by atoms with Crippen LogP contribution in [0.3, 0.4) is 0 Å². The molecule has 6 heteroatoms. The van der Waals surface area contributed by atoms with Gasteiger partial charge in [-0.1, -0.05) is 24.4 Å². The van der Waals surface area contributed by atoms with Crippen LogP contribution in [0.2, 0.25) is 5.02 Å².